The zero-order valence-corrected chi connectivity index (χ0v) is 9.52. The summed E-state index contributed by atoms with van der Waals surface area (Å²) < 4.78 is 0. The first-order chi connectivity index (χ1) is 5.68. The van der Waals surface area contributed by atoms with Gasteiger partial charge in [-0.25, -0.2) is 0 Å². The van der Waals surface area contributed by atoms with Crippen molar-refractivity contribution < 1.29 is 0 Å². The van der Waals surface area contributed by atoms with E-state index >= 15 is 0 Å². The van der Waals surface area contributed by atoms with E-state index < -0.39 is 0 Å². The molecule has 1 rings (SSSR count). The normalized spacial score (nSPS) is 29.2. The second-order valence-corrected chi connectivity index (χ2v) is 4.30. The smallest absolute Gasteiger partial charge is 0.00392 e. The standard InChI is InChI=1S/C11H21N.ClH/c1-9(2)3-4-10-5-7-11(12)8-6-10;/h3-4,9-11H,5-8,12H2,1-2H3;1H/t10-,11-;. The molecule has 1 saturated carbocycles. The van der Waals surface area contributed by atoms with Crippen LogP contribution in [0.15, 0.2) is 12.2 Å². The highest BCUT2D eigenvalue weighted by Gasteiger charge is 2.15. The summed E-state index contributed by atoms with van der Waals surface area (Å²) in [7, 11) is 0. The van der Waals surface area contributed by atoms with E-state index in [0.29, 0.717) is 12.0 Å². The highest BCUT2D eigenvalue weighted by atomic mass is 35.5. The van der Waals surface area contributed by atoms with Crippen molar-refractivity contribution in [2.75, 3.05) is 0 Å². The molecule has 0 heterocycles. The summed E-state index contributed by atoms with van der Waals surface area (Å²) >= 11 is 0. The van der Waals surface area contributed by atoms with Crippen molar-refractivity contribution in [3.05, 3.63) is 12.2 Å². The van der Waals surface area contributed by atoms with Gasteiger partial charge in [-0.15, -0.1) is 12.4 Å². The lowest BCUT2D eigenvalue weighted by Gasteiger charge is -2.23. The largest absolute Gasteiger partial charge is 0.328 e. The highest BCUT2D eigenvalue weighted by molar-refractivity contribution is 5.85. The van der Waals surface area contributed by atoms with Gasteiger partial charge in [0.05, 0.1) is 0 Å². The fourth-order valence-electron chi connectivity index (χ4n) is 1.72. The third kappa shape index (κ3) is 5.33. The number of halogens is 1. The van der Waals surface area contributed by atoms with E-state index in [9.17, 15) is 0 Å². The Morgan fingerprint density at radius 1 is 1.15 bits per heavy atom. The second kappa shape index (κ2) is 6.44. The van der Waals surface area contributed by atoms with Crippen LogP contribution in [-0.4, -0.2) is 6.04 Å². The predicted octanol–water partition coefficient (Wildman–Crippen LogP) is 3.14. The molecule has 2 heteroatoms. The van der Waals surface area contributed by atoms with Crippen LogP contribution in [-0.2, 0) is 0 Å². The van der Waals surface area contributed by atoms with Gasteiger partial charge in [-0.3, -0.25) is 0 Å². The summed E-state index contributed by atoms with van der Waals surface area (Å²) in [4.78, 5) is 0. The van der Waals surface area contributed by atoms with Crippen LogP contribution in [0.4, 0.5) is 0 Å². The second-order valence-electron chi connectivity index (χ2n) is 4.30. The molecule has 0 amide bonds. The number of hydrogen-bond acceptors (Lipinski definition) is 1. The minimum atomic E-state index is 0. The quantitative estimate of drug-likeness (QED) is 0.686. The van der Waals surface area contributed by atoms with Gasteiger partial charge in [0.1, 0.15) is 0 Å². The summed E-state index contributed by atoms with van der Waals surface area (Å²) in [5.41, 5.74) is 5.83. The van der Waals surface area contributed by atoms with E-state index in [4.69, 9.17) is 5.73 Å². The van der Waals surface area contributed by atoms with Crippen molar-refractivity contribution in [3.63, 3.8) is 0 Å². The first kappa shape index (κ1) is 13.0. The fourth-order valence-corrected chi connectivity index (χ4v) is 1.72. The van der Waals surface area contributed by atoms with Gasteiger partial charge in [0, 0.05) is 6.04 Å². The maximum absolute atomic E-state index is 5.83. The van der Waals surface area contributed by atoms with E-state index in [2.05, 4.69) is 26.0 Å². The minimum absolute atomic E-state index is 0. The van der Waals surface area contributed by atoms with Crippen LogP contribution in [0.5, 0.6) is 0 Å². The van der Waals surface area contributed by atoms with E-state index in [1.807, 2.05) is 0 Å². The molecule has 0 aromatic heterocycles. The molecule has 1 aliphatic rings. The van der Waals surface area contributed by atoms with Gasteiger partial charge < -0.3 is 5.73 Å². The minimum Gasteiger partial charge on any atom is -0.328 e. The van der Waals surface area contributed by atoms with Crippen molar-refractivity contribution in [1.29, 1.82) is 0 Å². The van der Waals surface area contributed by atoms with Gasteiger partial charge in [-0.05, 0) is 37.5 Å². The van der Waals surface area contributed by atoms with Crippen molar-refractivity contribution in [2.24, 2.45) is 17.6 Å². The lowest BCUT2D eigenvalue weighted by atomic mass is 9.86. The molecular formula is C11H22ClN. The average Bonchev–Trinajstić information content (AvgIpc) is 2.03. The van der Waals surface area contributed by atoms with Crippen LogP contribution in [0.25, 0.3) is 0 Å². The number of rotatable bonds is 2. The third-order valence-electron chi connectivity index (χ3n) is 2.58. The Hall–Kier alpha value is -0.0100. The lowest BCUT2D eigenvalue weighted by Crippen LogP contribution is -2.25. The SMILES string of the molecule is CC(C)C=C[C@H]1CC[C@H](N)CC1.Cl. The summed E-state index contributed by atoms with van der Waals surface area (Å²) in [6, 6.07) is 0.480. The van der Waals surface area contributed by atoms with Crippen molar-refractivity contribution >= 4 is 12.4 Å². The molecular weight excluding hydrogens is 182 g/mol. The Kier molecular flexibility index (Phi) is 6.44. The Labute approximate surface area is 88.2 Å². The third-order valence-corrected chi connectivity index (χ3v) is 2.58. The van der Waals surface area contributed by atoms with Crippen LogP contribution >= 0.6 is 12.4 Å². The van der Waals surface area contributed by atoms with Crippen molar-refractivity contribution in [1.82, 2.24) is 0 Å². The first-order valence-corrected chi connectivity index (χ1v) is 5.12. The topological polar surface area (TPSA) is 26.0 Å². The monoisotopic (exact) mass is 203 g/mol. The zero-order chi connectivity index (χ0) is 8.97. The molecule has 0 radical (unpaired) electrons. The molecule has 0 unspecified atom stereocenters. The number of nitrogens with two attached hydrogens (primary N) is 1. The fraction of sp³-hybridized carbons (Fsp3) is 0.818. The van der Waals surface area contributed by atoms with Gasteiger partial charge in [0.2, 0.25) is 0 Å². The summed E-state index contributed by atoms with van der Waals surface area (Å²) in [5, 5.41) is 0. The molecule has 1 nitrogen and oxygen atoms in total. The predicted molar refractivity (Wildman–Crippen MR) is 61.2 cm³/mol. The molecule has 0 aliphatic heterocycles. The lowest BCUT2D eigenvalue weighted by molar-refractivity contribution is 0.374. The molecule has 13 heavy (non-hydrogen) atoms. The Balaban J connectivity index is 0.00000144. The molecule has 0 atom stereocenters. The summed E-state index contributed by atoms with van der Waals surface area (Å²) in [6.07, 6.45) is 9.73. The molecule has 0 spiro atoms. The van der Waals surface area contributed by atoms with E-state index in [1.54, 1.807) is 0 Å². The Morgan fingerprint density at radius 2 is 1.69 bits per heavy atom. The van der Waals surface area contributed by atoms with Crippen LogP contribution < -0.4 is 5.73 Å². The molecule has 0 bridgehead atoms. The molecule has 0 aromatic carbocycles. The van der Waals surface area contributed by atoms with E-state index in [0.717, 1.165) is 5.92 Å². The summed E-state index contributed by atoms with van der Waals surface area (Å²) in [6.45, 7) is 4.45. The molecule has 1 fully saturated rings. The number of allylic oxidation sites excluding steroid dienone is 2. The van der Waals surface area contributed by atoms with Crippen molar-refractivity contribution in [2.45, 2.75) is 45.6 Å². The molecule has 0 aromatic rings. The van der Waals surface area contributed by atoms with Crippen molar-refractivity contribution in [3.8, 4) is 0 Å². The van der Waals surface area contributed by atoms with Gasteiger partial charge in [-0.2, -0.15) is 0 Å². The van der Waals surface area contributed by atoms with Gasteiger partial charge in [0.25, 0.3) is 0 Å². The first-order valence-electron chi connectivity index (χ1n) is 5.12. The maximum atomic E-state index is 5.83. The maximum Gasteiger partial charge on any atom is 0.00392 e. The van der Waals surface area contributed by atoms with Crippen LogP contribution in [0.2, 0.25) is 0 Å². The Bertz CT molecular complexity index is 146. The van der Waals surface area contributed by atoms with Gasteiger partial charge in [-0.1, -0.05) is 26.0 Å². The van der Waals surface area contributed by atoms with Crippen LogP contribution in [0, 0.1) is 11.8 Å². The van der Waals surface area contributed by atoms with E-state index in [1.165, 1.54) is 25.7 Å². The molecule has 78 valence electrons. The Morgan fingerprint density at radius 3 is 2.15 bits per heavy atom. The summed E-state index contributed by atoms with van der Waals surface area (Å²) in [5.74, 6) is 1.51. The highest BCUT2D eigenvalue weighted by Crippen LogP contribution is 2.24. The number of hydrogen-bond donors (Lipinski definition) is 1. The molecule has 2 N–H and O–H groups in total. The molecule has 0 saturated heterocycles. The van der Waals surface area contributed by atoms with Crippen LogP contribution in [0.3, 0.4) is 0 Å². The van der Waals surface area contributed by atoms with Gasteiger partial charge in [0.15, 0.2) is 0 Å². The average molecular weight is 204 g/mol. The van der Waals surface area contributed by atoms with E-state index in [-0.39, 0.29) is 12.4 Å². The van der Waals surface area contributed by atoms with Crippen LogP contribution in [0.1, 0.15) is 39.5 Å². The van der Waals surface area contributed by atoms with Gasteiger partial charge >= 0.3 is 0 Å². The molecule has 1 aliphatic carbocycles. The zero-order valence-electron chi connectivity index (χ0n) is 8.70.